The second kappa shape index (κ2) is 5.86. The summed E-state index contributed by atoms with van der Waals surface area (Å²) >= 11 is 0. The largest absolute Gasteiger partial charge is 0.488 e. The summed E-state index contributed by atoms with van der Waals surface area (Å²) < 4.78 is 6.15. The van der Waals surface area contributed by atoms with Gasteiger partial charge < -0.3 is 9.64 Å². The molecule has 2 nitrogen and oxygen atoms in total. The second-order valence-corrected chi connectivity index (χ2v) is 6.73. The van der Waals surface area contributed by atoms with Crippen LogP contribution in [0, 0.1) is 6.92 Å². The molecule has 0 saturated carbocycles. The number of hydrogen-bond donors (Lipinski definition) is 0. The van der Waals surface area contributed by atoms with Gasteiger partial charge in [0.15, 0.2) is 0 Å². The number of ether oxygens (including phenoxy) is 1. The zero-order chi connectivity index (χ0) is 15.8. The van der Waals surface area contributed by atoms with Gasteiger partial charge in [0, 0.05) is 18.7 Å². The Kier molecular flexibility index (Phi) is 3.70. The summed E-state index contributed by atoms with van der Waals surface area (Å²) in [6.45, 7) is 5.07. The van der Waals surface area contributed by atoms with Gasteiger partial charge in [-0.05, 0) is 55.1 Å². The lowest BCUT2D eigenvalue weighted by atomic mass is 9.86. The molecule has 2 aliphatic heterocycles. The Hall–Kier alpha value is -2.06. The molecule has 0 amide bonds. The predicted molar refractivity (Wildman–Crippen MR) is 94.7 cm³/mol. The molecule has 0 radical (unpaired) electrons. The van der Waals surface area contributed by atoms with Crippen LogP contribution in [0.2, 0.25) is 0 Å². The Labute approximate surface area is 138 Å². The van der Waals surface area contributed by atoms with Gasteiger partial charge in [0.2, 0.25) is 0 Å². The quantitative estimate of drug-likeness (QED) is 0.714. The highest BCUT2D eigenvalue weighted by Crippen LogP contribution is 2.41. The van der Waals surface area contributed by atoms with Crippen molar-refractivity contribution in [2.45, 2.75) is 26.4 Å². The molecule has 4 rings (SSSR count). The van der Waals surface area contributed by atoms with E-state index in [2.05, 4.69) is 61.3 Å². The number of piperidine rings is 1. The minimum atomic E-state index is 0.656. The molecule has 23 heavy (non-hydrogen) atoms. The van der Waals surface area contributed by atoms with E-state index in [4.69, 9.17) is 4.74 Å². The predicted octanol–water partition coefficient (Wildman–Crippen LogP) is 4.41. The summed E-state index contributed by atoms with van der Waals surface area (Å²) in [4.78, 5) is 2.42. The molecular formula is C21H23NO. The zero-order valence-corrected chi connectivity index (χ0v) is 13.9. The summed E-state index contributed by atoms with van der Waals surface area (Å²) in [7, 11) is 2.21. The molecule has 0 spiro atoms. The lowest BCUT2D eigenvalue weighted by molar-refractivity contribution is 0.307. The first-order valence-electron chi connectivity index (χ1n) is 8.45. The van der Waals surface area contributed by atoms with Crippen molar-refractivity contribution in [3.8, 4) is 5.75 Å². The van der Waals surface area contributed by atoms with Gasteiger partial charge in [0.25, 0.3) is 0 Å². The fourth-order valence-corrected chi connectivity index (χ4v) is 3.67. The van der Waals surface area contributed by atoms with Crippen LogP contribution >= 0.6 is 0 Å². The van der Waals surface area contributed by atoms with Crippen LogP contribution < -0.4 is 4.74 Å². The Morgan fingerprint density at radius 1 is 0.957 bits per heavy atom. The monoisotopic (exact) mass is 305 g/mol. The maximum Gasteiger partial charge on any atom is 0.127 e. The third-order valence-corrected chi connectivity index (χ3v) is 5.02. The molecule has 2 heterocycles. The SMILES string of the molecule is Cc1ccc2c(c1)OCc1ccccc1C2=C1CCN(C)CC1. The Balaban J connectivity index is 1.94. The highest BCUT2D eigenvalue weighted by Gasteiger charge is 2.23. The molecule has 2 aromatic rings. The number of fused-ring (bicyclic) bond motifs is 2. The van der Waals surface area contributed by atoms with Gasteiger partial charge in [0.05, 0.1) is 0 Å². The smallest absolute Gasteiger partial charge is 0.127 e. The van der Waals surface area contributed by atoms with Gasteiger partial charge >= 0.3 is 0 Å². The van der Waals surface area contributed by atoms with E-state index in [0.29, 0.717) is 6.61 Å². The van der Waals surface area contributed by atoms with Crippen molar-refractivity contribution >= 4 is 5.57 Å². The molecule has 0 unspecified atom stereocenters. The summed E-state index contributed by atoms with van der Waals surface area (Å²) in [5.74, 6) is 1.03. The molecule has 0 aromatic heterocycles. The first-order chi connectivity index (χ1) is 11.2. The van der Waals surface area contributed by atoms with Gasteiger partial charge in [-0.15, -0.1) is 0 Å². The molecule has 1 saturated heterocycles. The first-order valence-corrected chi connectivity index (χ1v) is 8.45. The third-order valence-electron chi connectivity index (χ3n) is 5.02. The van der Waals surface area contributed by atoms with E-state index in [1.54, 1.807) is 5.57 Å². The fraction of sp³-hybridized carbons (Fsp3) is 0.333. The summed E-state index contributed by atoms with van der Waals surface area (Å²) in [6.07, 6.45) is 2.29. The number of hydrogen-bond acceptors (Lipinski definition) is 2. The Morgan fingerprint density at radius 2 is 1.74 bits per heavy atom. The molecule has 0 aliphatic carbocycles. The van der Waals surface area contributed by atoms with Crippen molar-refractivity contribution in [3.63, 3.8) is 0 Å². The molecule has 118 valence electrons. The van der Waals surface area contributed by atoms with Gasteiger partial charge in [-0.3, -0.25) is 0 Å². The van der Waals surface area contributed by atoms with Crippen LogP contribution in [0.15, 0.2) is 48.0 Å². The molecule has 0 bridgehead atoms. The van der Waals surface area contributed by atoms with Crippen LogP contribution in [0.5, 0.6) is 5.75 Å². The van der Waals surface area contributed by atoms with E-state index in [1.807, 2.05) is 0 Å². The molecule has 2 aliphatic rings. The molecule has 1 fully saturated rings. The number of likely N-dealkylation sites (tertiary alicyclic amines) is 1. The number of aryl methyl sites for hydroxylation is 1. The lowest BCUT2D eigenvalue weighted by Gasteiger charge is -2.27. The van der Waals surface area contributed by atoms with E-state index in [9.17, 15) is 0 Å². The minimum absolute atomic E-state index is 0.656. The molecule has 0 atom stereocenters. The number of nitrogens with zero attached hydrogens (tertiary/aromatic N) is 1. The van der Waals surface area contributed by atoms with Gasteiger partial charge in [0.1, 0.15) is 12.4 Å². The maximum atomic E-state index is 6.15. The van der Waals surface area contributed by atoms with E-state index in [-0.39, 0.29) is 0 Å². The van der Waals surface area contributed by atoms with Crippen LogP contribution in [0.4, 0.5) is 0 Å². The summed E-state index contributed by atoms with van der Waals surface area (Å²) in [6, 6.07) is 15.3. The van der Waals surface area contributed by atoms with E-state index in [1.165, 1.54) is 27.8 Å². The van der Waals surface area contributed by atoms with Crippen molar-refractivity contribution in [3.05, 3.63) is 70.3 Å². The van der Waals surface area contributed by atoms with Gasteiger partial charge in [-0.2, -0.15) is 0 Å². The van der Waals surface area contributed by atoms with E-state index < -0.39 is 0 Å². The van der Waals surface area contributed by atoms with Crippen LogP contribution in [0.1, 0.15) is 35.1 Å². The maximum absolute atomic E-state index is 6.15. The minimum Gasteiger partial charge on any atom is -0.488 e. The average molecular weight is 305 g/mol. The fourth-order valence-electron chi connectivity index (χ4n) is 3.67. The van der Waals surface area contributed by atoms with Crippen LogP contribution in [0.3, 0.4) is 0 Å². The van der Waals surface area contributed by atoms with Crippen molar-refractivity contribution in [1.29, 1.82) is 0 Å². The molecule has 2 heteroatoms. The normalized spacial score (nSPS) is 18.0. The standard InChI is InChI=1S/C21H23NO/c1-15-7-8-19-20(13-15)23-14-17-5-3-4-6-18(17)21(19)16-9-11-22(2)12-10-16/h3-8,13H,9-12,14H2,1-2H3. The van der Waals surface area contributed by atoms with Crippen molar-refractivity contribution in [2.75, 3.05) is 20.1 Å². The van der Waals surface area contributed by atoms with E-state index >= 15 is 0 Å². The lowest BCUT2D eigenvalue weighted by Crippen LogP contribution is -2.27. The van der Waals surface area contributed by atoms with Crippen LogP contribution in [-0.2, 0) is 6.61 Å². The van der Waals surface area contributed by atoms with Gasteiger partial charge in [-0.25, -0.2) is 0 Å². The summed E-state index contributed by atoms with van der Waals surface area (Å²) in [5, 5.41) is 0. The van der Waals surface area contributed by atoms with Crippen molar-refractivity contribution < 1.29 is 4.74 Å². The van der Waals surface area contributed by atoms with E-state index in [0.717, 1.165) is 31.7 Å². The highest BCUT2D eigenvalue weighted by atomic mass is 16.5. The highest BCUT2D eigenvalue weighted by molar-refractivity contribution is 5.87. The Bertz CT molecular complexity index is 765. The number of benzene rings is 2. The Morgan fingerprint density at radius 3 is 2.57 bits per heavy atom. The van der Waals surface area contributed by atoms with Gasteiger partial charge in [-0.1, -0.05) is 42.0 Å². The van der Waals surface area contributed by atoms with Crippen LogP contribution in [0.25, 0.3) is 5.57 Å². The second-order valence-electron chi connectivity index (χ2n) is 6.73. The van der Waals surface area contributed by atoms with Crippen molar-refractivity contribution in [2.24, 2.45) is 0 Å². The van der Waals surface area contributed by atoms with Crippen molar-refractivity contribution in [1.82, 2.24) is 4.90 Å². The molecule has 2 aromatic carbocycles. The zero-order valence-electron chi connectivity index (χ0n) is 13.9. The summed E-state index contributed by atoms with van der Waals surface area (Å²) in [5.41, 5.74) is 8.16. The van der Waals surface area contributed by atoms with Crippen LogP contribution in [-0.4, -0.2) is 25.0 Å². The first kappa shape index (κ1) is 14.5. The topological polar surface area (TPSA) is 12.5 Å². The third kappa shape index (κ3) is 2.68. The average Bonchev–Trinajstić information content (AvgIpc) is 2.72. The molecule has 0 N–H and O–H groups in total. The molecular weight excluding hydrogens is 282 g/mol. The number of rotatable bonds is 0.